The van der Waals surface area contributed by atoms with E-state index in [4.69, 9.17) is 0 Å². The number of hydrogen-bond donors (Lipinski definition) is 2. The molecule has 0 radical (unpaired) electrons. The molecule has 0 aliphatic rings. The highest BCUT2D eigenvalue weighted by Crippen LogP contribution is 2.31. The second kappa shape index (κ2) is 7.56. The minimum atomic E-state index is -1.08. The fraction of sp³-hybridized carbons (Fsp3) is 0.130. The standard InChI is InChI=1S/C23H21N3O/c27-23(16-22-24-17-25-26-22,15-18-7-3-1-4-8-18)21-13-11-20(12-14-21)19-9-5-2-6-10-19/h1-14,17,27H,15-16H2,(H,24,25,26). The zero-order chi connectivity index (χ0) is 18.5. The molecule has 1 aromatic heterocycles. The van der Waals surface area contributed by atoms with E-state index < -0.39 is 5.60 Å². The van der Waals surface area contributed by atoms with Crippen LogP contribution in [0.1, 0.15) is 17.0 Å². The molecule has 134 valence electrons. The summed E-state index contributed by atoms with van der Waals surface area (Å²) in [6.07, 6.45) is 2.37. The predicted molar refractivity (Wildman–Crippen MR) is 106 cm³/mol. The number of hydrogen-bond acceptors (Lipinski definition) is 3. The third-order valence-electron chi connectivity index (χ3n) is 4.78. The smallest absolute Gasteiger partial charge is 0.153 e. The van der Waals surface area contributed by atoms with Crippen molar-refractivity contribution in [3.63, 3.8) is 0 Å². The molecule has 3 aromatic carbocycles. The highest BCUT2D eigenvalue weighted by atomic mass is 16.3. The number of benzene rings is 3. The Morgan fingerprint density at radius 3 is 2.00 bits per heavy atom. The summed E-state index contributed by atoms with van der Waals surface area (Å²) in [6, 6.07) is 28.3. The van der Waals surface area contributed by atoms with Gasteiger partial charge in [0.05, 0.1) is 0 Å². The topological polar surface area (TPSA) is 61.8 Å². The molecular formula is C23H21N3O. The predicted octanol–water partition coefficient (Wildman–Crippen LogP) is 4.14. The van der Waals surface area contributed by atoms with Crippen molar-refractivity contribution in [1.82, 2.24) is 15.2 Å². The van der Waals surface area contributed by atoms with Crippen LogP contribution in [0.5, 0.6) is 0 Å². The van der Waals surface area contributed by atoms with Gasteiger partial charge >= 0.3 is 0 Å². The molecule has 0 bridgehead atoms. The maximum atomic E-state index is 11.6. The lowest BCUT2D eigenvalue weighted by Crippen LogP contribution is -2.32. The van der Waals surface area contributed by atoms with Gasteiger partial charge in [0.25, 0.3) is 0 Å². The van der Waals surface area contributed by atoms with Crippen LogP contribution in [0.2, 0.25) is 0 Å². The largest absolute Gasteiger partial charge is 0.384 e. The van der Waals surface area contributed by atoms with Gasteiger partial charge in [-0.15, -0.1) is 0 Å². The Bertz CT molecular complexity index is 967. The van der Waals surface area contributed by atoms with Gasteiger partial charge in [-0.3, -0.25) is 5.10 Å². The van der Waals surface area contributed by atoms with Crippen molar-refractivity contribution < 1.29 is 5.11 Å². The van der Waals surface area contributed by atoms with E-state index in [9.17, 15) is 5.11 Å². The normalized spacial score (nSPS) is 13.2. The minimum absolute atomic E-state index is 0.343. The minimum Gasteiger partial charge on any atom is -0.384 e. The Morgan fingerprint density at radius 1 is 0.741 bits per heavy atom. The molecule has 4 nitrogen and oxygen atoms in total. The number of aliphatic hydroxyl groups is 1. The Kier molecular flexibility index (Phi) is 4.81. The lowest BCUT2D eigenvalue weighted by atomic mass is 9.83. The second-order valence-corrected chi connectivity index (χ2v) is 6.73. The fourth-order valence-electron chi connectivity index (χ4n) is 3.39. The third-order valence-corrected chi connectivity index (χ3v) is 4.78. The lowest BCUT2D eigenvalue weighted by molar-refractivity contribution is 0.0351. The molecule has 27 heavy (non-hydrogen) atoms. The maximum absolute atomic E-state index is 11.6. The summed E-state index contributed by atoms with van der Waals surface area (Å²) in [5.74, 6) is 0.598. The highest BCUT2D eigenvalue weighted by Gasteiger charge is 2.31. The fourth-order valence-corrected chi connectivity index (χ4v) is 3.39. The van der Waals surface area contributed by atoms with Crippen LogP contribution in [0.4, 0.5) is 0 Å². The first kappa shape index (κ1) is 17.2. The number of rotatable bonds is 6. The number of nitrogens with one attached hydrogen (secondary N) is 1. The van der Waals surface area contributed by atoms with Gasteiger partial charge in [-0.2, -0.15) is 5.10 Å². The van der Waals surface area contributed by atoms with Gasteiger partial charge in [-0.1, -0.05) is 84.9 Å². The lowest BCUT2D eigenvalue weighted by Gasteiger charge is -2.28. The van der Waals surface area contributed by atoms with E-state index in [2.05, 4.69) is 39.4 Å². The van der Waals surface area contributed by atoms with Crippen molar-refractivity contribution in [2.45, 2.75) is 18.4 Å². The Hall–Kier alpha value is -3.24. The van der Waals surface area contributed by atoms with Crippen LogP contribution in [0.15, 0.2) is 91.3 Å². The third kappa shape index (κ3) is 3.96. The van der Waals surface area contributed by atoms with Crippen molar-refractivity contribution in [3.05, 3.63) is 108 Å². The van der Waals surface area contributed by atoms with Gasteiger partial charge in [0.15, 0.2) is 5.82 Å². The monoisotopic (exact) mass is 355 g/mol. The van der Waals surface area contributed by atoms with Crippen LogP contribution in [0, 0.1) is 0 Å². The molecule has 1 heterocycles. The maximum Gasteiger partial charge on any atom is 0.153 e. The van der Waals surface area contributed by atoms with Gasteiger partial charge in [-0.25, -0.2) is 4.98 Å². The van der Waals surface area contributed by atoms with Crippen molar-refractivity contribution >= 4 is 0 Å². The first-order valence-electron chi connectivity index (χ1n) is 9.00. The van der Waals surface area contributed by atoms with Gasteiger partial charge < -0.3 is 5.11 Å². The number of nitrogens with zero attached hydrogens (tertiary/aromatic N) is 2. The zero-order valence-electron chi connectivity index (χ0n) is 14.9. The van der Waals surface area contributed by atoms with Gasteiger partial charge in [-0.05, 0) is 22.3 Å². The average Bonchev–Trinajstić information content (AvgIpc) is 3.22. The molecule has 0 fully saturated rings. The molecule has 2 N–H and O–H groups in total. The first-order chi connectivity index (χ1) is 13.2. The van der Waals surface area contributed by atoms with Crippen LogP contribution in [-0.2, 0) is 18.4 Å². The second-order valence-electron chi connectivity index (χ2n) is 6.73. The Balaban J connectivity index is 1.67. The molecule has 0 saturated heterocycles. The summed E-state index contributed by atoms with van der Waals surface area (Å²) in [5.41, 5.74) is 3.13. The first-order valence-corrected chi connectivity index (χ1v) is 9.00. The number of aromatic nitrogens is 3. The molecular weight excluding hydrogens is 334 g/mol. The van der Waals surface area contributed by atoms with Crippen LogP contribution in [-0.4, -0.2) is 20.3 Å². The van der Waals surface area contributed by atoms with Gasteiger partial charge in [0, 0.05) is 12.8 Å². The molecule has 0 amide bonds. The average molecular weight is 355 g/mol. The highest BCUT2D eigenvalue weighted by molar-refractivity contribution is 5.63. The van der Waals surface area contributed by atoms with Gasteiger partial charge in [0.2, 0.25) is 0 Å². The van der Waals surface area contributed by atoms with Crippen LogP contribution < -0.4 is 0 Å². The summed E-state index contributed by atoms with van der Waals surface area (Å²) >= 11 is 0. The molecule has 4 rings (SSSR count). The molecule has 1 atom stereocenters. The molecule has 0 aliphatic carbocycles. The van der Waals surface area contributed by atoms with Crippen LogP contribution >= 0.6 is 0 Å². The summed E-state index contributed by atoms with van der Waals surface area (Å²) in [6.45, 7) is 0. The molecule has 0 aliphatic heterocycles. The number of aromatic amines is 1. The van der Waals surface area contributed by atoms with E-state index in [-0.39, 0.29) is 0 Å². The van der Waals surface area contributed by atoms with Crippen LogP contribution in [0.3, 0.4) is 0 Å². The Labute approximate surface area is 158 Å². The van der Waals surface area contributed by atoms with E-state index in [1.165, 1.54) is 6.33 Å². The van der Waals surface area contributed by atoms with Crippen molar-refractivity contribution in [2.24, 2.45) is 0 Å². The summed E-state index contributed by atoms with van der Waals surface area (Å²) in [5, 5.41) is 18.4. The van der Waals surface area contributed by atoms with E-state index in [0.29, 0.717) is 18.7 Å². The van der Waals surface area contributed by atoms with Crippen molar-refractivity contribution in [1.29, 1.82) is 0 Å². The van der Waals surface area contributed by atoms with E-state index >= 15 is 0 Å². The Morgan fingerprint density at radius 2 is 1.37 bits per heavy atom. The SMILES string of the molecule is OC(Cc1ccccc1)(Cc1nc[nH]n1)c1ccc(-c2ccccc2)cc1. The molecule has 0 spiro atoms. The van der Waals surface area contributed by atoms with Gasteiger partial charge in [0.1, 0.15) is 11.9 Å². The summed E-state index contributed by atoms with van der Waals surface area (Å²) < 4.78 is 0. The molecule has 4 aromatic rings. The summed E-state index contributed by atoms with van der Waals surface area (Å²) in [7, 11) is 0. The van der Waals surface area contributed by atoms with Crippen molar-refractivity contribution in [2.75, 3.05) is 0 Å². The van der Waals surface area contributed by atoms with Crippen LogP contribution in [0.25, 0.3) is 11.1 Å². The molecule has 4 heteroatoms. The van der Waals surface area contributed by atoms with E-state index in [0.717, 1.165) is 22.3 Å². The summed E-state index contributed by atoms with van der Waals surface area (Å²) in [4.78, 5) is 4.21. The molecule has 0 saturated carbocycles. The van der Waals surface area contributed by atoms with Crippen molar-refractivity contribution in [3.8, 4) is 11.1 Å². The number of H-pyrrole nitrogens is 1. The molecule has 1 unspecified atom stereocenters. The van der Waals surface area contributed by atoms with E-state index in [1.807, 2.05) is 60.7 Å². The quantitative estimate of drug-likeness (QED) is 0.546. The van der Waals surface area contributed by atoms with E-state index in [1.54, 1.807) is 0 Å². The zero-order valence-corrected chi connectivity index (χ0v) is 14.9.